The van der Waals surface area contributed by atoms with Gasteiger partial charge in [0.1, 0.15) is 0 Å². The molecule has 0 aromatic heterocycles. The van der Waals surface area contributed by atoms with Gasteiger partial charge in [0.2, 0.25) is 0 Å². The predicted octanol–water partition coefficient (Wildman–Crippen LogP) is 1.93. The molecule has 1 heterocycles. The van der Waals surface area contributed by atoms with Gasteiger partial charge < -0.3 is 15.6 Å². The van der Waals surface area contributed by atoms with Gasteiger partial charge in [-0.3, -0.25) is 0 Å². The number of hydrogen-bond donors (Lipinski definition) is 2. The van der Waals surface area contributed by atoms with Gasteiger partial charge in [-0.2, -0.15) is 0 Å². The highest BCUT2D eigenvalue weighted by atomic mass is 16.5. The molecule has 3 heteroatoms. The first kappa shape index (κ1) is 13.9. The minimum Gasteiger partial charge on any atom is -0.388 e. The summed E-state index contributed by atoms with van der Waals surface area (Å²) in [7, 11) is 0. The van der Waals surface area contributed by atoms with Crippen molar-refractivity contribution in [3.63, 3.8) is 0 Å². The van der Waals surface area contributed by atoms with E-state index in [9.17, 15) is 5.11 Å². The van der Waals surface area contributed by atoms with E-state index in [1.54, 1.807) is 0 Å². The molecule has 3 nitrogen and oxygen atoms in total. The van der Waals surface area contributed by atoms with Gasteiger partial charge in [0.05, 0.1) is 5.60 Å². The third kappa shape index (κ3) is 2.58. The zero-order valence-electron chi connectivity index (χ0n) is 11.1. The van der Waals surface area contributed by atoms with Crippen LogP contribution in [0.4, 0.5) is 0 Å². The Kier molecular flexibility index (Phi) is 4.38. The Bertz CT molecular complexity index is 222. The van der Waals surface area contributed by atoms with Crippen molar-refractivity contribution in [3.8, 4) is 0 Å². The highest BCUT2D eigenvalue weighted by molar-refractivity contribution is 5.06. The second-order valence-corrected chi connectivity index (χ2v) is 5.94. The molecule has 96 valence electrons. The second kappa shape index (κ2) is 5.03. The number of ether oxygens (including phenoxy) is 1. The summed E-state index contributed by atoms with van der Waals surface area (Å²) in [6.07, 6.45) is 2.18. The average Bonchev–Trinajstić information content (AvgIpc) is 2.17. The molecule has 1 saturated heterocycles. The summed E-state index contributed by atoms with van der Waals surface area (Å²) in [6, 6.07) is 0. The molecule has 3 N–H and O–H groups in total. The van der Waals surface area contributed by atoms with Gasteiger partial charge in [0, 0.05) is 31.6 Å². The van der Waals surface area contributed by atoms with Crippen molar-refractivity contribution in [1.29, 1.82) is 0 Å². The number of aliphatic hydroxyl groups is 1. The molecule has 1 aliphatic heterocycles. The maximum absolute atomic E-state index is 10.8. The van der Waals surface area contributed by atoms with Gasteiger partial charge in [-0.1, -0.05) is 27.7 Å². The van der Waals surface area contributed by atoms with E-state index in [1.165, 1.54) is 0 Å². The van der Waals surface area contributed by atoms with Crippen LogP contribution in [0.1, 0.15) is 47.0 Å². The van der Waals surface area contributed by atoms with E-state index in [1.807, 2.05) is 0 Å². The summed E-state index contributed by atoms with van der Waals surface area (Å²) in [5.41, 5.74) is 5.29. The highest BCUT2D eigenvalue weighted by Gasteiger charge is 2.50. The van der Waals surface area contributed by atoms with Crippen molar-refractivity contribution in [2.45, 2.75) is 58.1 Å². The monoisotopic (exact) mass is 229 g/mol. The van der Waals surface area contributed by atoms with Crippen molar-refractivity contribution in [1.82, 2.24) is 0 Å². The van der Waals surface area contributed by atoms with Gasteiger partial charge in [0.15, 0.2) is 0 Å². The summed E-state index contributed by atoms with van der Waals surface area (Å²) >= 11 is 0. The largest absolute Gasteiger partial charge is 0.388 e. The first-order valence-corrected chi connectivity index (χ1v) is 6.41. The van der Waals surface area contributed by atoms with E-state index >= 15 is 0 Å². The molecule has 1 aliphatic rings. The van der Waals surface area contributed by atoms with Gasteiger partial charge in [0.25, 0.3) is 0 Å². The van der Waals surface area contributed by atoms with E-state index in [4.69, 9.17) is 10.5 Å². The zero-order valence-corrected chi connectivity index (χ0v) is 11.1. The van der Waals surface area contributed by atoms with E-state index in [-0.39, 0.29) is 5.92 Å². The van der Waals surface area contributed by atoms with E-state index in [0.29, 0.717) is 32.0 Å². The smallest absolute Gasteiger partial charge is 0.0872 e. The fraction of sp³-hybridized carbons (Fsp3) is 1.00. The zero-order chi connectivity index (χ0) is 12.4. The third-order valence-electron chi connectivity index (χ3n) is 3.96. The molecule has 1 rings (SSSR count). The maximum atomic E-state index is 10.8. The molecule has 1 atom stereocenters. The minimum absolute atomic E-state index is 0.276. The molecule has 0 radical (unpaired) electrons. The summed E-state index contributed by atoms with van der Waals surface area (Å²) in [6.45, 7) is 9.78. The molecule has 0 bridgehead atoms. The van der Waals surface area contributed by atoms with E-state index < -0.39 is 11.1 Å². The van der Waals surface area contributed by atoms with Crippen molar-refractivity contribution >= 4 is 0 Å². The van der Waals surface area contributed by atoms with Gasteiger partial charge >= 0.3 is 0 Å². The van der Waals surface area contributed by atoms with Crippen molar-refractivity contribution in [2.75, 3.05) is 13.2 Å². The number of hydrogen-bond acceptors (Lipinski definition) is 3. The van der Waals surface area contributed by atoms with Crippen LogP contribution in [0.15, 0.2) is 0 Å². The topological polar surface area (TPSA) is 55.5 Å². The Labute approximate surface area is 99.4 Å². The standard InChI is InChI=1S/C13H27NO2/c1-10(2)9-13(14,11(3)4)12(15)5-7-16-8-6-12/h10-11,15H,5-9,14H2,1-4H3. The Morgan fingerprint density at radius 1 is 1.25 bits per heavy atom. The molecule has 0 aliphatic carbocycles. The van der Waals surface area contributed by atoms with Crippen molar-refractivity contribution < 1.29 is 9.84 Å². The molecule has 0 spiro atoms. The van der Waals surface area contributed by atoms with Crippen LogP contribution in [-0.2, 0) is 4.74 Å². The molecular formula is C13H27NO2. The molecule has 0 aromatic rings. The quantitative estimate of drug-likeness (QED) is 0.774. The molecule has 1 unspecified atom stereocenters. The highest BCUT2D eigenvalue weighted by Crippen LogP contribution is 2.39. The lowest BCUT2D eigenvalue weighted by Gasteiger charge is -2.50. The van der Waals surface area contributed by atoms with Crippen LogP contribution in [0.5, 0.6) is 0 Å². The van der Waals surface area contributed by atoms with Crippen LogP contribution in [0, 0.1) is 11.8 Å². The lowest BCUT2D eigenvalue weighted by Crippen LogP contribution is -2.66. The van der Waals surface area contributed by atoms with Gasteiger partial charge in [-0.25, -0.2) is 0 Å². The molecule has 16 heavy (non-hydrogen) atoms. The second-order valence-electron chi connectivity index (χ2n) is 5.94. The Hall–Kier alpha value is -0.120. The summed E-state index contributed by atoms with van der Waals surface area (Å²) in [4.78, 5) is 0. The average molecular weight is 229 g/mol. The Morgan fingerprint density at radius 2 is 1.75 bits per heavy atom. The lowest BCUT2D eigenvalue weighted by molar-refractivity contribution is -0.127. The maximum Gasteiger partial charge on any atom is 0.0872 e. The van der Waals surface area contributed by atoms with Crippen LogP contribution < -0.4 is 5.73 Å². The summed E-state index contributed by atoms with van der Waals surface area (Å²) in [5, 5.41) is 10.8. The molecular weight excluding hydrogens is 202 g/mol. The predicted molar refractivity (Wildman–Crippen MR) is 66.2 cm³/mol. The van der Waals surface area contributed by atoms with Crippen LogP contribution >= 0.6 is 0 Å². The normalized spacial score (nSPS) is 24.8. The van der Waals surface area contributed by atoms with E-state index in [0.717, 1.165) is 6.42 Å². The molecule has 0 aromatic carbocycles. The SMILES string of the molecule is CC(C)CC(N)(C(C)C)C1(O)CCOCC1. The Balaban J connectivity index is 2.90. The summed E-state index contributed by atoms with van der Waals surface area (Å²) < 4.78 is 5.33. The van der Waals surface area contributed by atoms with Crippen LogP contribution in [0.3, 0.4) is 0 Å². The van der Waals surface area contributed by atoms with Gasteiger partial charge in [-0.15, -0.1) is 0 Å². The van der Waals surface area contributed by atoms with Crippen LogP contribution in [0.2, 0.25) is 0 Å². The number of rotatable bonds is 4. The van der Waals surface area contributed by atoms with Gasteiger partial charge in [-0.05, 0) is 18.3 Å². The van der Waals surface area contributed by atoms with Crippen molar-refractivity contribution in [2.24, 2.45) is 17.6 Å². The fourth-order valence-electron chi connectivity index (χ4n) is 2.81. The number of nitrogens with two attached hydrogens (primary N) is 1. The van der Waals surface area contributed by atoms with E-state index in [2.05, 4.69) is 27.7 Å². The molecule has 0 amide bonds. The van der Waals surface area contributed by atoms with Crippen LogP contribution in [-0.4, -0.2) is 29.5 Å². The third-order valence-corrected chi connectivity index (χ3v) is 3.96. The molecule has 0 saturated carbocycles. The first-order chi connectivity index (χ1) is 7.32. The lowest BCUT2D eigenvalue weighted by atomic mass is 9.65. The minimum atomic E-state index is -0.760. The Morgan fingerprint density at radius 3 is 2.12 bits per heavy atom. The van der Waals surface area contributed by atoms with Crippen molar-refractivity contribution in [3.05, 3.63) is 0 Å². The summed E-state index contributed by atoms with van der Waals surface area (Å²) in [5.74, 6) is 0.775. The van der Waals surface area contributed by atoms with Crippen LogP contribution in [0.25, 0.3) is 0 Å². The fourth-order valence-corrected chi connectivity index (χ4v) is 2.81. The first-order valence-electron chi connectivity index (χ1n) is 6.41. The molecule has 1 fully saturated rings.